The summed E-state index contributed by atoms with van der Waals surface area (Å²) in [7, 11) is 4.24. The van der Waals surface area contributed by atoms with E-state index in [1.54, 1.807) is 18.2 Å². The number of benzene rings is 2. The number of halogens is 1. The maximum atomic E-state index is 13.2. The van der Waals surface area contributed by atoms with Gasteiger partial charge in [0.25, 0.3) is 11.8 Å². The van der Waals surface area contributed by atoms with Crippen molar-refractivity contribution in [2.45, 2.75) is 6.92 Å². The molecule has 2 aromatic carbocycles. The quantitative estimate of drug-likeness (QED) is 0.498. The van der Waals surface area contributed by atoms with Gasteiger partial charge in [0.1, 0.15) is 17.1 Å². The predicted molar refractivity (Wildman–Crippen MR) is 118 cm³/mol. The summed E-state index contributed by atoms with van der Waals surface area (Å²) >= 11 is 6.12. The molecule has 0 bridgehead atoms. The lowest BCUT2D eigenvalue weighted by atomic mass is 10.1. The summed E-state index contributed by atoms with van der Waals surface area (Å²) in [5.41, 5.74) is 0.310. The molecule has 1 aliphatic heterocycles. The molecule has 9 nitrogen and oxygen atoms in total. The number of carbonyl (C=O) groups is 3. The van der Waals surface area contributed by atoms with E-state index in [1.807, 2.05) is 6.92 Å². The molecule has 1 N–H and O–H groups in total. The van der Waals surface area contributed by atoms with Crippen molar-refractivity contribution in [2.24, 2.45) is 0 Å². The van der Waals surface area contributed by atoms with Gasteiger partial charge in [-0.25, -0.2) is 9.69 Å². The van der Waals surface area contributed by atoms with E-state index in [0.29, 0.717) is 23.7 Å². The minimum absolute atomic E-state index is 0.0684. The van der Waals surface area contributed by atoms with Crippen LogP contribution in [-0.4, -0.2) is 45.8 Å². The molecule has 0 unspecified atom stereocenters. The number of nitrogens with one attached hydrogen (secondary N) is 1. The van der Waals surface area contributed by atoms with Crippen molar-refractivity contribution in [3.8, 4) is 23.0 Å². The van der Waals surface area contributed by atoms with Crippen LogP contribution < -0.4 is 29.2 Å². The number of carbonyl (C=O) groups excluding carboxylic acids is 3. The topological polar surface area (TPSA) is 103 Å². The maximum Gasteiger partial charge on any atom is 0.336 e. The predicted octanol–water partition coefficient (Wildman–Crippen LogP) is 3.43. The Balaban J connectivity index is 2.07. The van der Waals surface area contributed by atoms with E-state index in [-0.39, 0.29) is 27.8 Å². The van der Waals surface area contributed by atoms with Crippen molar-refractivity contribution in [3.63, 3.8) is 0 Å². The largest absolute Gasteiger partial charge is 0.495 e. The molecule has 3 rings (SSSR count). The van der Waals surface area contributed by atoms with Crippen molar-refractivity contribution in [3.05, 3.63) is 46.5 Å². The number of barbiturate groups is 1. The van der Waals surface area contributed by atoms with Gasteiger partial charge in [-0.15, -0.1) is 0 Å². The lowest BCUT2D eigenvalue weighted by molar-refractivity contribution is -0.122. The second kappa shape index (κ2) is 9.61. The molecule has 10 heteroatoms. The van der Waals surface area contributed by atoms with Crippen molar-refractivity contribution >= 4 is 41.2 Å². The molecular weight excluding hydrogens is 440 g/mol. The monoisotopic (exact) mass is 460 g/mol. The molecule has 1 fully saturated rings. The first kappa shape index (κ1) is 23.0. The van der Waals surface area contributed by atoms with Gasteiger partial charge in [0.2, 0.25) is 0 Å². The molecule has 1 aliphatic rings. The molecule has 168 valence electrons. The number of urea groups is 1. The zero-order chi connectivity index (χ0) is 23.4. The summed E-state index contributed by atoms with van der Waals surface area (Å²) in [4.78, 5) is 39.0. The molecule has 0 spiro atoms. The number of rotatable bonds is 7. The number of hydrogen-bond acceptors (Lipinski definition) is 7. The fourth-order valence-electron chi connectivity index (χ4n) is 3.11. The minimum Gasteiger partial charge on any atom is -0.495 e. The van der Waals surface area contributed by atoms with Gasteiger partial charge < -0.3 is 18.9 Å². The van der Waals surface area contributed by atoms with Crippen LogP contribution in [0.1, 0.15) is 12.5 Å². The van der Waals surface area contributed by atoms with E-state index in [2.05, 4.69) is 5.32 Å². The summed E-state index contributed by atoms with van der Waals surface area (Å²) in [5, 5.41) is 2.39. The molecule has 0 saturated carbocycles. The third-order valence-corrected chi connectivity index (χ3v) is 4.89. The van der Waals surface area contributed by atoms with E-state index >= 15 is 0 Å². The number of ether oxygens (including phenoxy) is 4. The Kier molecular flexibility index (Phi) is 6.89. The molecule has 1 heterocycles. The van der Waals surface area contributed by atoms with E-state index in [4.69, 9.17) is 30.5 Å². The fourth-order valence-corrected chi connectivity index (χ4v) is 3.34. The highest BCUT2D eigenvalue weighted by molar-refractivity contribution is 6.39. The smallest absolute Gasteiger partial charge is 0.336 e. The maximum absolute atomic E-state index is 13.2. The van der Waals surface area contributed by atoms with Crippen LogP contribution in [0.5, 0.6) is 23.0 Å². The minimum atomic E-state index is -0.927. The molecule has 0 radical (unpaired) electrons. The van der Waals surface area contributed by atoms with E-state index < -0.39 is 17.8 Å². The number of amides is 4. The third-order valence-electron chi connectivity index (χ3n) is 4.59. The average molecular weight is 461 g/mol. The highest BCUT2D eigenvalue weighted by Crippen LogP contribution is 2.39. The van der Waals surface area contributed by atoms with Gasteiger partial charge in [0, 0.05) is 12.1 Å². The van der Waals surface area contributed by atoms with E-state index in [0.717, 1.165) is 4.90 Å². The lowest BCUT2D eigenvalue weighted by Gasteiger charge is -2.28. The summed E-state index contributed by atoms with van der Waals surface area (Å²) in [6.07, 6.45) is 1.36. The van der Waals surface area contributed by atoms with Gasteiger partial charge in [-0.05, 0) is 30.7 Å². The van der Waals surface area contributed by atoms with Crippen LogP contribution in [0.2, 0.25) is 5.02 Å². The van der Waals surface area contributed by atoms with Gasteiger partial charge in [-0.2, -0.15) is 0 Å². The fraction of sp³-hybridized carbons (Fsp3) is 0.227. The van der Waals surface area contributed by atoms with Gasteiger partial charge in [0.15, 0.2) is 11.5 Å². The Morgan fingerprint density at radius 2 is 1.62 bits per heavy atom. The van der Waals surface area contributed by atoms with Crippen molar-refractivity contribution in [2.75, 3.05) is 32.8 Å². The van der Waals surface area contributed by atoms with Crippen LogP contribution in [0.15, 0.2) is 35.9 Å². The third kappa shape index (κ3) is 4.33. The van der Waals surface area contributed by atoms with Crippen LogP contribution >= 0.6 is 11.6 Å². The molecule has 0 aliphatic carbocycles. The Morgan fingerprint density at radius 3 is 2.25 bits per heavy atom. The van der Waals surface area contributed by atoms with Crippen LogP contribution in [0.3, 0.4) is 0 Å². The molecule has 4 amide bonds. The molecule has 0 atom stereocenters. The van der Waals surface area contributed by atoms with Gasteiger partial charge in [-0.3, -0.25) is 14.9 Å². The van der Waals surface area contributed by atoms with Crippen LogP contribution in [-0.2, 0) is 9.59 Å². The number of nitrogens with zero attached hydrogens (tertiary/aromatic N) is 1. The zero-order valence-corrected chi connectivity index (χ0v) is 18.6. The van der Waals surface area contributed by atoms with Gasteiger partial charge >= 0.3 is 6.03 Å². The van der Waals surface area contributed by atoms with Crippen LogP contribution in [0.4, 0.5) is 10.5 Å². The van der Waals surface area contributed by atoms with Crippen molar-refractivity contribution < 1.29 is 33.3 Å². The normalized spacial score (nSPS) is 15.0. The average Bonchev–Trinajstić information content (AvgIpc) is 2.78. The number of hydrogen-bond donors (Lipinski definition) is 1. The number of methoxy groups -OCH3 is 3. The first-order chi connectivity index (χ1) is 15.3. The highest BCUT2D eigenvalue weighted by atomic mass is 35.5. The second-order valence-corrected chi connectivity index (χ2v) is 6.87. The van der Waals surface area contributed by atoms with Gasteiger partial charge in [-0.1, -0.05) is 17.7 Å². The standard InChI is InChI=1S/C22H21ClN2O7/c1-5-32-16-7-6-12(9-19(16)31-4)8-13-20(26)24-22(28)25(21(13)27)15-11-17(29-2)14(23)10-18(15)30-3/h6-11H,5H2,1-4H3,(H,24,26,28)/b13-8+. The number of anilines is 1. The summed E-state index contributed by atoms with van der Waals surface area (Å²) in [6, 6.07) is 6.80. The molecule has 1 saturated heterocycles. The first-order valence-electron chi connectivity index (χ1n) is 9.48. The van der Waals surface area contributed by atoms with Gasteiger partial charge in [0.05, 0.1) is 38.6 Å². The molecule has 0 aromatic heterocycles. The van der Waals surface area contributed by atoms with E-state index in [1.165, 1.54) is 39.5 Å². The highest BCUT2D eigenvalue weighted by Gasteiger charge is 2.38. The lowest BCUT2D eigenvalue weighted by Crippen LogP contribution is -2.54. The Bertz CT molecular complexity index is 1110. The number of imide groups is 2. The molecule has 2 aromatic rings. The summed E-state index contributed by atoms with van der Waals surface area (Å²) < 4.78 is 21.2. The van der Waals surface area contributed by atoms with Crippen molar-refractivity contribution in [1.82, 2.24) is 5.32 Å². The Hall–Kier alpha value is -3.72. The van der Waals surface area contributed by atoms with Crippen molar-refractivity contribution in [1.29, 1.82) is 0 Å². The molecular formula is C22H21ClN2O7. The Morgan fingerprint density at radius 1 is 0.938 bits per heavy atom. The Labute approximate surface area is 189 Å². The second-order valence-electron chi connectivity index (χ2n) is 6.46. The van der Waals surface area contributed by atoms with Crippen LogP contribution in [0, 0.1) is 0 Å². The van der Waals surface area contributed by atoms with Crippen LogP contribution in [0.25, 0.3) is 6.08 Å². The zero-order valence-electron chi connectivity index (χ0n) is 17.9. The van der Waals surface area contributed by atoms with E-state index in [9.17, 15) is 14.4 Å². The summed E-state index contributed by atoms with van der Waals surface area (Å²) in [5.74, 6) is -0.343. The SMILES string of the molecule is CCOc1ccc(/C=C2\C(=O)NC(=O)N(c3cc(OC)c(Cl)cc3OC)C2=O)cc1OC. The first-order valence-corrected chi connectivity index (χ1v) is 9.86. The molecule has 32 heavy (non-hydrogen) atoms. The summed E-state index contributed by atoms with van der Waals surface area (Å²) in [6.45, 7) is 2.28.